The maximum Gasteiger partial charge on any atom is 0.147 e. The summed E-state index contributed by atoms with van der Waals surface area (Å²) in [7, 11) is 0. The van der Waals surface area contributed by atoms with Crippen LogP contribution in [0.5, 0.6) is 0 Å². The summed E-state index contributed by atoms with van der Waals surface area (Å²) in [6, 6.07) is 0. The van der Waals surface area contributed by atoms with Crippen LogP contribution in [-0.2, 0) is 0 Å². The lowest BCUT2D eigenvalue weighted by molar-refractivity contribution is 0.225. The summed E-state index contributed by atoms with van der Waals surface area (Å²) in [5, 5.41) is 3.32. The van der Waals surface area contributed by atoms with E-state index in [0.29, 0.717) is 4.99 Å². The predicted octanol–water partition coefficient (Wildman–Crippen LogP) is 1.79. The molecule has 2 saturated heterocycles. The average Bonchev–Trinajstić information content (AvgIpc) is 3.08. The van der Waals surface area contributed by atoms with E-state index in [4.69, 9.17) is 12.2 Å². The van der Waals surface area contributed by atoms with Crippen molar-refractivity contribution in [1.29, 1.82) is 0 Å². The van der Waals surface area contributed by atoms with E-state index in [9.17, 15) is 0 Å². The lowest BCUT2D eigenvalue weighted by atomic mass is 10.1. The number of piperidine rings is 1. The van der Waals surface area contributed by atoms with Crippen LogP contribution in [0.2, 0.25) is 0 Å². The molecule has 3 rings (SSSR count). The van der Waals surface area contributed by atoms with E-state index in [1.807, 2.05) is 6.20 Å². The molecule has 1 N–H and O–H groups in total. The Morgan fingerprint density at radius 1 is 1.05 bits per heavy atom. The molecule has 0 amide bonds. The van der Waals surface area contributed by atoms with Gasteiger partial charge in [-0.15, -0.1) is 0 Å². The normalized spacial score (nSPS) is 19.7. The Balaban J connectivity index is 1.57. The van der Waals surface area contributed by atoms with Crippen LogP contribution in [-0.4, -0.2) is 52.7 Å². The molecule has 0 saturated carbocycles. The van der Waals surface area contributed by atoms with Crippen molar-refractivity contribution in [2.45, 2.75) is 32.1 Å². The van der Waals surface area contributed by atoms with Crippen molar-refractivity contribution in [2.75, 3.05) is 37.7 Å². The Morgan fingerprint density at radius 2 is 1.76 bits per heavy atom. The van der Waals surface area contributed by atoms with Gasteiger partial charge in [0.2, 0.25) is 0 Å². The maximum absolute atomic E-state index is 5.46. The smallest absolute Gasteiger partial charge is 0.147 e. The highest BCUT2D eigenvalue weighted by atomic mass is 32.1. The van der Waals surface area contributed by atoms with Crippen molar-refractivity contribution in [3.63, 3.8) is 0 Å². The summed E-state index contributed by atoms with van der Waals surface area (Å²) in [4.78, 5) is 14.4. The Kier molecular flexibility index (Phi) is 4.98. The number of hydrogen-bond donors (Lipinski definition) is 1. The fraction of sp³-hybridized carbons (Fsp3) is 0.667. The summed E-state index contributed by atoms with van der Waals surface area (Å²) in [5.74, 6) is 0.951. The number of aromatic nitrogens is 2. The molecule has 2 aliphatic rings. The zero-order chi connectivity index (χ0) is 14.5. The van der Waals surface area contributed by atoms with Crippen LogP contribution >= 0.6 is 12.2 Å². The number of rotatable bonds is 4. The second kappa shape index (κ2) is 7.13. The molecule has 3 heterocycles. The van der Waals surface area contributed by atoms with Crippen LogP contribution in [0, 0.1) is 0 Å². The van der Waals surface area contributed by atoms with Crippen LogP contribution < -0.4 is 10.2 Å². The van der Waals surface area contributed by atoms with Crippen molar-refractivity contribution in [3.05, 3.63) is 18.1 Å². The summed E-state index contributed by atoms with van der Waals surface area (Å²) in [6.07, 6.45) is 10.0. The standard InChI is InChI=1S/C15H23N5S/c21-15(17-12-19-6-2-1-3-7-19)13-10-16-11-14(18-13)20-8-4-5-9-20/h10-11H,1-9,12H2,(H,17,21). The van der Waals surface area contributed by atoms with Crippen LogP contribution in [0.3, 0.4) is 0 Å². The van der Waals surface area contributed by atoms with Crippen molar-refractivity contribution < 1.29 is 0 Å². The first-order chi connectivity index (χ1) is 10.3. The molecular weight excluding hydrogens is 282 g/mol. The molecule has 0 spiro atoms. The average molecular weight is 305 g/mol. The van der Waals surface area contributed by atoms with Crippen molar-refractivity contribution in [1.82, 2.24) is 20.2 Å². The van der Waals surface area contributed by atoms with Gasteiger partial charge in [0.25, 0.3) is 0 Å². The summed E-state index contributed by atoms with van der Waals surface area (Å²) >= 11 is 5.46. The van der Waals surface area contributed by atoms with Crippen molar-refractivity contribution in [3.8, 4) is 0 Å². The van der Waals surface area contributed by atoms with Gasteiger partial charge >= 0.3 is 0 Å². The van der Waals surface area contributed by atoms with E-state index < -0.39 is 0 Å². The Morgan fingerprint density at radius 3 is 2.52 bits per heavy atom. The molecular formula is C15H23N5S. The van der Waals surface area contributed by atoms with Crippen LogP contribution in [0.15, 0.2) is 12.4 Å². The van der Waals surface area contributed by atoms with Crippen molar-refractivity contribution in [2.24, 2.45) is 0 Å². The molecule has 0 unspecified atom stereocenters. The molecule has 5 nitrogen and oxygen atoms in total. The minimum Gasteiger partial charge on any atom is -0.362 e. The van der Waals surface area contributed by atoms with Crippen LogP contribution in [0.25, 0.3) is 0 Å². The molecule has 0 radical (unpaired) electrons. The fourth-order valence-corrected chi connectivity index (χ4v) is 3.12. The third kappa shape index (κ3) is 3.89. The lowest BCUT2D eigenvalue weighted by Crippen LogP contribution is -2.40. The monoisotopic (exact) mass is 305 g/mol. The highest BCUT2D eigenvalue weighted by Gasteiger charge is 2.15. The third-order valence-electron chi connectivity index (χ3n) is 4.20. The minimum atomic E-state index is 0.703. The third-order valence-corrected chi connectivity index (χ3v) is 4.55. The van der Waals surface area contributed by atoms with Gasteiger partial charge in [0.15, 0.2) is 0 Å². The first-order valence-corrected chi connectivity index (χ1v) is 8.31. The van der Waals surface area contributed by atoms with Gasteiger partial charge in [0, 0.05) is 13.1 Å². The largest absolute Gasteiger partial charge is 0.362 e. The molecule has 2 fully saturated rings. The van der Waals surface area contributed by atoms with Gasteiger partial charge in [-0.3, -0.25) is 9.88 Å². The van der Waals surface area contributed by atoms with E-state index in [0.717, 1.165) is 44.4 Å². The number of thiocarbonyl (C=S) groups is 1. The molecule has 21 heavy (non-hydrogen) atoms. The fourth-order valence-electron chi connectivity index (χ4n) is 2.96. The summed E-state index contributed by atoms with van der Waals surface area (Å²) in [5.41, 5.74) is 0.784. The van der Waals surface area contributed by atoms with Gasteiger partial charge in [0.1, 0.15) is 16.5 Å². The number of nitrogens with zero attached hydrogens (tertiary/aromatic N) is 4. The van der Waals surface area contributed by atoms with E-state index in [1.165, 1.54) is 32.1 Å². The van der Waals surface area contributed by atoms with E-state index in [2.05, 4.69) is 25.1 Å². The molecule has 2 aliphatic heterocycles. The van der Waals surface area contributed by atoms with Crippen molar-refractivity contribution >= 4 is 23.0 Å². The maximum atomic E-state index is 5.46. The minimum absolute atomic E-state index is 0.703. The lowest BCUT2D eigenvalue weighted by Gasteiger charge is -2.27. The second-order valence-corrected chi connectivity index (χ2v) is 6.21. The zero-order valence-electron chi connectivity index (χ0n) is 12.4. The molecule has 1 aromatic heterocycles. The summed E-state index contributed by atoms with van der Waals surface area (Å²) in [6.45, 7) is 5.29. The van der Waals surface area contributed by atoms with E-state index in [1.54, 1.807) is 6.20 Å². The first-order valence-electron chi connectivity index (χ1n) is 7.90. The van der Waals surface area contributed by atoms with E-state index >= 15 is 0 Å². The Hall–Kier alpha value is -1.27. The predicted molar refractivity (Wildman–Crippen MR) is 88.6 cm³/mol. The molecule has 114 valence electrons. The van der Waals surface area contributed by atoms with Gasteiger partial charge in [0.05, 0.1) is 19.1 Å². The molecule has 6 heteroatoms. The quantitative estimate of drug-likeness (QED) is 0.856. The number of nitrogens with one attached hydrogen (secondary N) is 1. The Labute approximate surface area is 131 Å². The number of hydrogen-bond acceptors (Lipinski definition) is 5. The molecule has 0 bridgehead atoms. The molecule has 0 aliphatic carbocycles. The number of anilines is 1. The molecule has 1 aromatic rings. The van der Waals surface area contributed by atoms with Crippen LogP contribution in [0.1, 0.15) is 37.8 Å². The van der Waals surface area contributed by atoms with Gasteiger partial charge in [-0.05, 0) is 38.8 Å². The summed E-state index contributed by atoms with van der Waals surface area (Å²) < 4.78 is 0. The highest BCUT2D eigenvalue weighted by Crippen LogP contribution is 2.16. The van der Waals surface area contributed by atoms with Gasteiger partial charge in [-0.1, -0.05) is 18.6 Å². The van der Waals surface area contributed by atoms with Crippen LogP contribution in [0.4, 0.5) is 5.82 Å². The Bertz CT molecular complexity index is 481. The number of likely N-dealkylation sites (tertiary alicyclic amines) is 1. The molecule has 0 atom stereocenters. The SMILES string of the molecule is S=C(NCN1CCCCC1)c1cncc(N2CCCC2)n1. The van der Waals surface area contributed by atoms with Gasteiger partial charge < -0.3 is 10.2 Å². The first kappa shape index (κ1) is 14.7. The van der Waals surface area contributed by atoms with Gasteiger partial charge in [-0.2, -0.15) is 0 Å². The zero-order valence-corrected chi connectivity index (χ0v) is 13.2. The highest BCUT2D eigenvalue weighted by molar-refractivity contribution is 7.80. The second-order valence-electron chi connectivity index (χ2n) is 5.80. The molecule has 0 aromatic carbocycles. The topological polar surface area (TPSA) is 44.3 Å². The van der Waals surface area contributed by atoms with Gasteiger partial charge in [-0.25, -0.2) is 4.98 Å². The van der Waals surface area contributed by atoms with E-state index in [-0.39, 0.29) is 0 Å².